The van der Waals surface area contributed by atoms with E-state index in [0.29, 0.717) is 11.4 Å². The molecule has 106 valence electrons. The van der Waals surface area contributed by atoms with Crippen LogP contribution < -0.4 is 10.1 Å². The molecule has 2 amide bonds. The van der Waals surface area contributed by atoms with Gasteiger partial charge in [0.05, 0.1) is 25.9 Å². The Hall–Kier alpha value is -2.34. The summed E-state index contributed by atoms with van der Waals surface area (Å²) in [6.07, 6.45) is 1.22. The normalized spacial score (nSPS) is 14.6. The maximum Gasteiger partial charge on any atom is 0.277 e. The van der Waals surface area contributed by atoms with E-state index in [2.05, 4.69) is 5.32 Å². The molecule has 1 aliphatic heterocycles. The predicted molar refractivity (Wildman–Crippen MR) is 73.2 cm³/mol. The number of nitrogens with one attached hydrogen (secondary N) is 1. The molecule has 1 aliphatic rings. The number of aryl methyl sites for hydroxylation is 1. The van der Waals surface area contributed by atoms with Crippen LogP contribution in [-0.2, 0) is 9.59 Å². The number of aliphatic hydroxyl groups excluding tert-OH is 1. The predicted octanol–water partition coefficient (Wildman–Crippen LogP) is 0.661. The number of β-amino-alcohol motifs (C(OH)–C–C–N with tert-alkyl or cyclic N) is 1. The number of aliphatic hydroxyl groups is 1. The first-order chi connectivity index (χ1) is 9.56. The van der Waals surface area contributed by atoms with E-state index in [4.69, 9.17) is 9.84 Å². The van der Waals surface area contributed by atoms with E-state index in [1.165, 1.54) is 13.2 Å². The Bertz CT molecular complexity index is 581. The molecule has 0 spiro atoms. The van der Waals surface area contributed by atoms with Crippen molar-refractivity contribution < 1.29 is 19.4 Å². The second-order valence-electron chi connectivity index (χ2n) is 4.41. The molecule has 20 heavy (non-hydrogen) atoms. The highest BCUT2D eigenvalue weighted by Gasteiger charge is 2.30. The number of imide groups is 1. The number of hydrogen-bond acceptors (Lipinski definition) is 5. The average molecular weight is 276 g/mol. The van der Waals surface area contributed by atoms with Crippen LogP contribution in [-0.4, -0.2) is 42.1 Å². The van der Waals surface area contributed by atoms with Crippen molar-refractivity contribution in [3.05, 3.63) is 35.5 Å². The Labute approximate surface area is 116 Å². The molecule has 0 bridgehead atoms. The van der Waals surface area contributed by atoms with Gasteiger partial charge in [0.2, 0.25) is 0 Å². The molecule has 0 unspecified atom stereocenters. The molecule has 2 rings (SSSR count). The second kappa shape index (κ2) is 5.75. The summed E-state index contributed by atoms with van der Waals surface area (Å²) in [6, 6.07) is 5.50. The van der Waals surface area contributed by atoms with Crippen molar-refractivity contribution >= 4 is 17.5 Å². The average Bonchev–Trinajstić information content (AvgIpc) is 2.67. The number of nitrogens with zero attached hydrogens (tertiary/aromatic N) is 1. The van der Waals surface area contributed by atoms with E-state index in [1.54, 1.807) is 6.07 Å². The number of benzene rings is 1. The van der Waals surface area contributed by atoms with E-state index in [9.17, 15) is 9.59 Å². The van der Waals surface area contributed by atoms with Gasteiger partial charge in [-0.25, -0.2) is 0 Å². The lowest BCUT2D eigenvalue weighted by atomic mass is 10.2. The zero-order valence-electron chi connectivity index (χ0n) is 11.3. The van der Waals surface area contributed by atoms with Crippen molar-refractivity contribution in [1.82, 2.24) is 4.90 Å². The SMILES string of the molecule is COc1ccc(C)cc1NC1=CC(=O)N(CCO)C1=O. The van der Waals surface area contributed by atoms with Crippen LogP contribution in [0.15, 0.2) is 30.0 Å². The molecule has 6 nitrogen and oxygen atoms in total. The maximum absolute atomic E-state index is 12.0. The Kier molecular flexibility index (Phi) is 4.05. The van der Waals surface area contributed by atoms with Gasteiger partial charge in [-0.15, -0.1) is 0 Å². The molecule has 0 atom stereocenters. The van der Waals surface area contributed by atoms with Gasteiger partial charge in [-0.1, -0.05) is 6.07 Å². The number of carbonyl (C=O) groups excluding carboxylic acids is 2. The first-order valence-electron chi connectivity index (χ1n) is 6.17. The van der Waals surface area contributed by atoms with Crippen LogP contribution in [0.2, 0.25) is 0 Å². The number of carbonyl (C=O) groups is 2. The lowest BCUT2D eigenvalue weighted by Crippen LogP contribution is -2.34. The lowest BCUT2D eigenvalue weighted by Gasteiger charge is -2.15. The molecule has 0 fully saturated rings. The van der Waals surface area contributed by atoms with Crippen molar-refractivity contribution in [1.29, 1.82) is 0 Å². The highest BCUT2D eigenvalue weighted by atomic mass is 16.5. The smallest absolute Gasteiger partial charge is 0.277 e. The largest absolute Gasteiger partial charge is 0.495 e. The fourth-order valence-corrected chi connectivity index (χ4v) is 1.97. The fourth-order valence-electron chi connectivity index (χ4n) is 1.97. The summed E-state index contributed by atoms with van der Waals surface area (Å²) >= 11 is 0. The Balaban J connectivity index is 2.23. The second-order valence-corrected chi connectivity index (χ2v) is 4.41. The summed E-state index contributed by atoms with van der Waals surface area (Å²) in [6.45, 7) is 1.65. The van der Waals surface area contributed by atoms with Gasteiger partial charge >= 0.3 is 0 Å². The van der Waals surface area contributed by atoms with Crippen molar-refractivity contribution in [3.63, 3.8) is 0 Å². The lowest BCUT2D eigenvalue weighted by molar-refractivity contribution is -0.137. The van der Waals surface area contributed by atoms with E-state index in [0.717, 1.165) is 10.5 Å². The Morgan fingerprint density at radius 3 is 2.75 bits per heavy atom. The number of anilines is 1. The van der Waals surface area contributed by atoms with E-state index in [1.807, 2.05) is 19.1 Å². The van der Waals surface area contributed by atoms with E-state index >= 15 is 0 Å². The Morgan fingerprint density at radius 2 is 2.10 bits per heavy atom. The molecule has 1 heterocycles. The molecule has 0 aliphatic carbocycles. The molecular formula is C14H16N2O4. The summed E-state index contributed by atoms with van der Waals surface area (Å²) in [7, 11) is 1.53. The van der Waals surface area contributed by atoms with Crippen LogP contribution in [0.4, 0.5) is 5.69 Å². The van der Waals surface area contributed by atoms with Gasteiger partial charge in [-0.3, -0.25) is 14.5 Å². The van der Waals surface area contributed by atoms with Crippen LogP contribution in [0.5, 0.6) is 5.75 Å². The standard InChI is InChI=1S/C14H16N2O4/c1-9-3-4-12(20-2)10(7-9)15-11-8-13(18)16(5-6-17)14(11)19/h3-4,7-8,15,17H,5-6H2,1-2H3. The minimum Gasteiger partial charge on any atom is -0.495 e. The summed E-state index contributed by atoms with van der Waals surface area (Å²) in [5, 5.41) is 11.8. The summed E-state index contributed by atoms with van der Waals surface area (Å²) < 4.78 is 5.21. The Morgan fingerprint density at radius 1 is 1.35 bits per heavy atom. The van der Waals surface area contributed by atoms with Crippen molar-refractivity contribution in [3.8, 4) is 5.75 Å². The number of hydrogen-bond donors (Lipinski definition) is 2. The molecule has 0 saturated carbocycles. The number of methoxy groups -OCH3 is 1. The van der Waals surface area contributed by atoms with E-state index in [-0.39, 0.29) is 18.8 Å². The molecule has 0 aromatic heterocycles. The molecule has 0 radical (unpaired) electrons. The minimum atomic E-state index is -0.451. The number of ether oxygens (including phenoxy) is 1. The maximum atomic E-state index is 12.0. The topological polar surface area (TPSA) is 78.9 Å². The number of rotatable bonds is 5. The van der Waals surface area contributed by atoms with Gasteiger partial charge in [0.25, 0.3) is 11.8 Å². The molecule has 6 heteroatoms. The quantitative estimate of drug-likeness (QED) is 0.772. The van der Waals surface area contributed by atoms with Crippen molar-refractivity contribution in [2.45, 2.75) is 6.92 Å². The molecule has 1 aromatic carbocycles. The summed E-state index contributed by atoms with van der Waals surface area (Å²) in [4.78, 5) is 24.7. The molecule has 0 saturated heterocycles. The minimum absolute atomic E-state index is 0.00962. The monoisotopic (exact) mass is 276 g/mol. The highest BCUT2D eigenvalue weighted by molar-refractivity contribution is 6.17. The highest BCUT2D eigenvalue weighted by Crippen LogP contribution is 2.27. The molecule has 2 N–H and O–H groups in total. The van der Waals surface area contributed by atoms with Gasteiger partial charge in [-0.05, 0) is 24.6 Å². The summed E-state index contributed by atoms with van der Waals surface area (Å²) in [5.74, 6) is -0.303. The van der Waals surface area contributed by atoms with Crippen LogP contribution in [0.3, 0.4) is 0 Å². The third-order valence-corrected chi connectivity index (χ3v) is 2.96. The van der Waals surface area contributed by atoms with Crippen LogP contribution >= 0.6 is 0 Å². The first-order valence-corrected chi connectivity index (χ1v) is 6.17. The van der Waals surface area contributed by atoms with Gasteiger partial charge in [0.1, 0.15) is 11.4 Å². The van der Waals surface area contributed by atoms with Crippen LogP contribution in [0.1, 0.15) is 5.56 Å². The van der Waals surface area contributed by atoms with Crippen LogP contribution in [0.25, 0.3) is 0 Å². The third-order valence-electron chi connectivity index (χ3n) is 2.96. The van der Waals surface area contributed by atoms with Gasteiger partial charge in [0, 0.05) is 6.08 Å². The number of amides is 2. The zero-order valence-corrected chi connectivity index (χ0v) is 11.3. The van der Waals surface area contributed by atoms with Gasteiger partial charge < -0.3 is 15.2 Å². The zero-order chi connectivity index (χ0) is 14.7. The molecular weight excluding hydrogens is 260 g/mol. The van der Waals surface area contributed by atoms with Crippen molar-refractivity contribution in [2.75, 3.05) is 25.6 Å². The van der Waals surface area contributed by atoms with Crippen molar-refractivity contribution in [2.24, 2.45) is 0 Å². The molecule has 1 aromatic rings. The van der Waals surface area contributed by atoms with Gasteiger partial charge in [0.15, 0.2) is 0 Å². The van der Waals surface area contributed by atoms with Crippen LogP contribution in [0, 0.1) is 6.92 Å². The fraction of sp³-hybridized carbons (Fsp3) is 0.286. The van der Waals surface area contributed by atoms with E-state index < -0.39 is 11.8 Å². The third kappa shape index (κ3) is 2.65. The first kappa shape index (κ1) is 14.1. The van der Waals surface area contributed by atoms with Gasteiger partial charge in [-0.2, -0.15) is 0 Å². The summed E-state index contributed by atoms with van der Waals surface area (Å²) in [5.41, 5.74) is 1.79.